The predicted octanol–water partition coefficient (Wildman–Crippen LogP) is 3.12. The molecular weight excluding hydrogens is 401 g/mol. The van der Waals surface area contributed by atoms with E-state index >= 15 is 0 Å². The quantitative estimate of drug-likeness (QED) is 0.717. The van der Waals surface area contributed by atoms with Crippen LogP contribution in [0.2, 0.25) is 10.0 Å². The molecule has 2 aromatic rings. The molecule has 0 bridgehead atoms. The van der Waals surface area contributed by atoms with Crippen molar-refractivity contribution >= 4 is 39.2 Å². The zero-order valence-electron chi connectivity index (χ0n) is 14.5. The van der Waals surface area contributed by atoms with E-state index in [1.807, 2.05) is 31.5 Å². The van der Waals surface area contributed by atoms with Crippen molar-refractivity contribution in [1.29, 1.82) is 0 Å². The summed E-state index contributed by atoms with van der Waals surface area (Å²) in [6.07, 6.45) is 0. The Morgan fingerprint density at radius 3 is 2.46 bits per heavy atom. The topological polar surface area (TPSA) is 101 Å². The highest BCUT2D eigenvalue weighted by Gasteiger charge is 2.23. The number of sulfonamides is 1. The number of aromatic nitrogens is 2. The summed E-state index contributed by atoms with van der Waals surface area (Å²) in [5, 5.41) is 13.2. The molecule has 0 unspecified atom stereocenters. The van der Waals surface area contributed by atoms with Gasteiger partial charge in [0.15, 0.2) is 0 Å². The monoisotopic (exact) mass is 419 g/mol. The maximum absolute atomic E-state index is 12.5. The zero-order valence-corrected chi connectivity index (χ0v) is 16.8. The van der Waals surface area contributed by atoms with E-state index in [9.17, 15) is 13.2 Å². The van der Waals surface area contributed by atoms with E-state index in [0.29, 0.717) is 6.54 Å². The Kier molecular flexibility index (Phi) is 6.33. The van der Waals surface area contributed by atoms with Gasteiger partial charge in [0.2, 0.25) is 10.0 Å². The standard InChI is InChI=1S/C16H19Cl2N3O4S/c1-9(8-21-11(3)4-10(2)20-21)7-19-26(24,25)15-5-12(16(22)23)13(17)6-14(15)18/h4-6,9,19H,7-8H2,1-3H3,(H,22,23)/t9-/m0/s1. The van der Waals surface area contributed by atoms with E-state index in [0.717, 1.165) is 23.5 Å². The van der Waals surface area contributed by atoms with Crippen molar-refractivity contribution in [2.45, 2.75) is 32.2 Å². The first-order valence-corrected chi connectivity index (χ1v) is 9.98. The Balaban J connectivity index is 2.15. The van der Waals surface area contributed by atoms with Gasteiger partial charge in [0, 0.05) is 18.8 Å². The van der Waals surface area contributed by atoms with Crippen LogP contribution in [0.3, 0.4) is 0 Å². The fourth-order valence-corrected chi connectivity index (χ4v) is 4.47. The lowest BCUT2D eigenvalue weighted by Crippen LogP contribution is -2.30. The van der Waals surface area contributed by atoms with Crippen molar-refractivity contribution in [3.8, 4) is 0 Å². The predicted molar refractivity (Wildman–Crippen MR) is 99.5 cm³/mol. The summed E-state index contributed by atoms with van der Waals surface area (Å²) in [6, 6.07) is 4.01. The molecule has 0 spiro atoms. The van der Waals surface area contributed by atoms with Crippen molar-refractivity contribution in [3.05, 3.63) is 45.2 Å². The summed E-state index contributed by atoms with van der Waals surface area (Å²) in [4.78, 5) is 10.8. The van der Waals surface area contributed by atoms with Crippen LogP contribution in [-0.2, 0) is 16.6 Å². The molecule has 2 N–H and O–H groups in total. The lowest BCUT2D eigenvalue weighted by molar-refractivity contribution is 0.0697. The molecule has 0 radical (unpaired) electrons. The third-order valence-electron chi connectivity index (χ3n) is 3.75. The number of aryl methyl sites for hydroxylation is 2. The van der Waals surface area contributed by atoms with Gasteiger partial charge in [-0.15, -0.1) is 0 Å². The number of nitrogens with one attached hydrogen (secondary N) is 1. The van der Waals surface area contributed by atoms with Crippen LogP contribution in [0.5, 0.6) is 0 Å². The maximum Gasteiger partial charge on any atom is 0.337 e. The second-order valence-electron chi connectivity index (χ2n) is 6.13. The molecule has 1 aromatic carbocycles. The summed E-state index contributed by atoms with van der Waals surface area (Å²) in [5.41, 5.74) is 1.56. The van der Waals surface area contributed by atoms with E-state index < -0.39 is 16.0 Å². The van der Waals surface area contributed by atoms with E-state index in [1.165, 1.54) is 0 Å². The van der Waals surface area contributed by atoms with Gasteiger partial charge < -0.3 is 5.11 Å². The first-order chi connectivity index (χ1) is 12.0. The third-order valence-corrected chi connectivity index (χ3v) is 5.95. The van der Waals surface area contributed by atoms with Crippen molar-refractivity contribution < 1.29 is 18.3 Å². The van der Waals surface area contributed by atoms with Crippen LogP contribution in [0.25, 0.3) is 0 Å². The summed E-state index contributed by atoms with van der Waals surface area (Å²) in [6.45, 7) is 6.38. The van der Waals surface area contributed by atoms with Gasteiger partial charge in [-0.1, -0.05) is 30.1 Å². The molecule has 2 rings (SSSR count). The molecule has 1 atom stereocenters. The van der Waals surface area contributed by atoms with Crippen LogP contribution in [0.4, 0.5) is 0 Å². The first-order valence-electron chi connectivity index (χ1n) is 7.74. The molecule has 1 heterocycles. The largest absolute Gasteiger partial charge is 0.478 e. The number of carboxylic acid groups (broad SMARTS) is 1. The number of halogens is 2. The number of carboxylic acids is 1. The summed E-state index contributed by atoms with van der Waals surface area (Å²) < 4.78 is 29.3. The smallest absolute Gasteiger partial charge is 0.337 e. The number of carbonyl (C=O) groups is 1. The molecule has 0 aliphatic carbocycles. The van der Waals surface area contributed by atoms with Crippen LogP contribution in [-0.4, -0.2) is 35.8 Å². The van der Waals surface area contributed by atoms with Crippen LogP contribution in [0, 0.1) is 19.8 Å². The fourth-order valence-electron chi connectivity index (χ4n) is 2.45. The number of rotatable bonds is 7. The molecule has 1 aromatic heterocycles. The Morgan fingerprint density at radius 2 is 1.92 bits per heavy atom. The molecule has 0 saturated carbocycles. The minimum atomic E-state index is -3.99. The van der Waals surface area contributed by atoms with Gasteiger partial charge in [-0.2, -0.15) is 5.10 Å². The Morgan fingerprint density at radius 1 is 1.27 bits per heavy atom. The van der Waals surface area contributed by atoms with Crippen LogP contribution in [0.15, 0.2) is 23.1 Å². The number of hydrogen-bond donors (Lipinski definition) is 2. The number of hydrogen-bond acceptors (Lipinski definition) is 4. The SMILES string of the molecule is Cc1cc(C)n(C[C@@H](C)CNS(=O)(=O)c2cc(C(=O)O)c(Cl)cc2Cl)n1. The average Bonchev–Trinajstić information content (AvgIpc) is 2.82. The molecular formula is C16H19Cl2N3O4S. The second kappa shape index (κ2) is 7.96. The Bertz CT molecular complexity index is 941. The lowest BCUT2D eigenvalue weighted by atomic mass is 10.2. The number of benzene rings is 1. The summed E-state index contributed by atoms with van der Waals surface area (Å²) in [5.74, 6) is -1.38. The Labute approximate surface area is 162 Å². The average molecular weight is 420 g/mol. The van der Waals surface area contributed by atoms with Crippen molar-refractivity contribution in [3.63, 3.8) is 0 Å². The number of nitrogens with zero attached hydrogens (tertiary/aromatic N) is 2. The highest BCUT2D eigenvalue weighted by Crippen LogP contribution is 2.28. The molecule has 10 heteroatoms. The van der Waals surface area contributed by atoms with Crippen molar-refractivity contribution in [2.24, 2.45) is 5.92 Å². The van der Waals surface area contributed by atoms with E-state index in [4.69, 9.17) is 28.3 Å². The summed E-state index contributed by atoms with van der Waals surface area (Å²) in [7, 11) is -3.99. The van der Waals surface area contributed by atoms with Gasteiger partial charge in [-0.25, -0.2) is 17.9 Å². The third kappa shape index (κ3) is 4.76. The van der Waals surface area contributed by atoms with Crippen LogP contribution >= 0.6 is 23.2 Å². The summed E-state index contributed by atoms with van der Waals surface area (Å²) >= 11 is 11.7. The molecule has 0 amide bonds. The highest BCUT2D eigenvalue weighted by atomic mass is 35.5. The van der Waals surface area contributed by atoms with Crippen molar-refractivity contribution in [1.82, 2.24) is 14.5 Å². The molecule has 0 aliphatic rings. The number of aromatic carboxylic acids is 1. The zero-order chi connectivity index (χ0) is 19.6. The lowest BCUT2D eigenvalue weighted by Gasteiger charge is -2.15. The minimum absolute atomic E-state index is 0.0483. The second-order valence-corrected chi connectivity index (χ2v) is 8.68. The molecule has 26 heavy (non-hydrogen) atoms. The molecule has 142 valence electrons. The van der Waals surface area contributed by atoms with Gasteiger partial charge >= 0.3 is 5.97 Å². The van der Waals surface area contributed by atoms with Crippen LogP contribution < -0.4 is 4.72 Å². The van der Waals surface area contributed by atoms with E-state index in [1.54, 1.807) is 0 Å². The van der Waals surface area contributed by atoms with Gasteiger partial charge in [0.05, 0.1) is 21.3 Å². The highest BCUT2D eigenvalue weighted by molar-refractivity contribution is 7.89. The van der Waals surface area contributed by atoms with Gasteiger partial charge in [-0.3, -0.25) is 4.68 Å². The van der Waals surface area contributed by atoms with E-state index in [2.05, 4.69) is 9.82 Å². The van der Waals surface area contributed by atoms with Crippen molar-refractivity contribution in [2.75, 3.05) is 6.54 Å². The first kappa shape index (κ1) is 20.7. The van der Waals surface area contributed by atoms with Gasteiger partial charge in [-0.05, 0) is 38.0 Å². The normalized spacial score (nSPS) is 13.0. The molecule has 7 nitrogen and oxygen atoms in total. The fraction of sp³-hybridized carbons (Fsp3) is 0.375. The van der Waals surface area contributed by atoms with Crippen LogP contribution in [0.1, 0.15) is 28.7 Å². The van der Waals surface area contributed by atoms with Gasteiger partial charge in [0.25, 0.3) is 0 Å². The molecule has 0 fully saturated rings. The van der Waals surface area contributed by atoms with E-state index in [-0.39, 0.29) is 33.0 Å². The molecule has 0 saturated heterocycles. The maximum atomic E-state index is 12.5. The minimum Gasteiger partial charge on any atom is -0.478 e. The molecule has 0 aliphatic heterocycles. The Hall–Kier alpha value is -1.61. The van der Waals surface area contributed by atoms with Gasteiger partial charge in [0.1, 0.15) is 4.90 Å².